The molecule has 1 saturated heterocycles. The maximum absolute atomic E-state index is 12.9. The SMILES string of the molecule is O=C(c1cc(-c2cccc(Cl)c2)n[nH]1)N1CCN(Cc2nc(-c3ccc(Cl)cc3)no2)CC1. The lowest BCUT2D eigenvalue weighted by Gasteiger charge is -2.33. The lowest BCUT2D eigenvalue weighted by atomic mass is 10.1. The van der Waals surface area contributed by atoms with Crippen molar-refractivity contribution in [2.45, 2.75) is 6.54 Å². The molecule has 1 amide bonds. The van der Waals surface area contributed by atoms with Crippen LogP contribution >= 0.6 is 23.2 Å². The minimum absolute atomic E-state index is 0.0711. The highest BCUT2D eigenvalue weighted by molar-refractivity contribution is 6.31. The highest BCUT2D eigenvalue weighted by atomic mass is 35.5. The Balaban J connectivity index is 1.17. The van der Waals surface area contributed by atoms with Gasteiger partial charge < -0.3 is 9.42 Å². The van der Waals surface area contributed by atoms with E-state index in [0.29, 0.717) is 65.9 Å². The number of aromatic nitrogens is 4. The number of carbonyl (C=O) groups excluding carboxylic acids is 1. The van der Waals surface area contributed by atoms with Crippen LogP contribution < -0.4 is 0 Å². The largest absolute Gasteiger partial charge is 0.338 e. The first kappa shape index (κ1) is 21.6. The molecule has 1 fully saturated rings. The molecule has 0 unspecified atom stereocenters. The molecule has 2 aromatic carbocycles. The number of halogens is 2. The summed E-state index contributed by atoms with van der Waals surface area (Å²) >= 11 is 12.0. The van der Waals surface area contributed by atoms with E-state index in [-0.39, 0.29) is 5.91 Å². The zero-order valence-corrected chi connectivity index (χ0v) is 19.1. The van der Waals surface area contributed by atoms with Crippen LogP contribution in [0.25, 0.3) is 22.6 Å². The Labute approximate surface area is 200 Å². The Hall–Kier alpha value is -3.20. The van der Waals surface area contributed by atoms with E-state index < -0.39 is 0 Å². The normalized spacial score (nSPS) is 14.5. The molecule has 0 radical (unpaired) electrons. The zero-order chi connectivity index (χ0) is 22.8. The van der Waals surface area contributed by atoms with Gasteiger partial charge in [-0.25, -0.2) is 0 Å². The summed E-state index contributed by atoms with van der Waals surface area (Å²) in [5.41, 5.74) is 2.86. The van der Waals surface area contributed by atoms with E-state index in [1.165, 1.54) is 0 Å². The molecular weight excluding hydrogens is 463 g/mol. The Kier molecular flexibility index (Phi) is 6.13. The number of amides is 1. The number of rotatable bonds is 5. The first-order valence-corrected chi connectivity index (χ1v) is 11.2. The summed E-state index contributed by atoms with van der Waals surface area (Å²) in [4.78, 5) is 21.4. The molecule has 0 spiro atoms. The summed E-state index contributed by atoms with van der Waals surface area (Å²) in [7, 11) is 0. The molecule has 1 aliphatic rings. The van der Waals surface area contributed by atoms with Gasteiger partial charge in [-0.05, 0) is 42.5 Å². The van der Waals surface area contributed by atoms with Crippen molar-refractivity contribution in [2.75, 3.05) is 26.2 Å². The highest BCUT2D eigenvalue weighted by Crippen LogP contribution is 2.22. The van der Waals surface area contributed by atoms with E-state index in [1.54, 1.807) is 24.3 Å². The van der Waals surface area contributed by atoms with Gasteiger partial charge in [-0.1, -0.05) is 40.5 Å². The maximum atomic E-state index is 12.9. The molecular formula is C23H20Cl2N6O2. The van der Waals surface area contributed by atoms with Gasteiger partial charge in [0.25, 0.3) is 5.91 Å². The highest BCUT2D eigenvalue weighted by Gasteiger charge is 2.25. The molecule has 3 heterocycles. The molecule has 0 saturated carbocycles. The second kappa shape index (κ2) is 9.35. The number of benzene rings is 2. The summed E-state index contributed by atoms with van der Waals surface area (Å²) in [5, 5.41) is 12.5. The second-order valence-corrected chi connectivity index (χ2v) is 8.64. The summed E-state index contributed by atoms with van der Waals surface area (Å²) in [5.74, 6) is 1.00. The summed E-state index contributed by atoms with van der Waals surface area (Å²) in [6, 6.07) is 16.4. The van der Waals surface area contributed by atoms with Gasteiger partial charge >= 0.3 is 0 Å². The van der Waals surface area contributed by atoms with Gasteiger partial charge in [-0.15, -0.1) is 0 Å². The standard InChI is InChI=1S/C23H20Cl2N6O2/c24-17-6-4-15(5-7-17)22-26-21(33-29-22)14-30-8-10-31(11-9-30)23(32)20-13-19(27-28-20)16-2-1-3-18(25)12-16/h1-7,12-13H,8-11,14H2,(H,27,28). The summed E-state index contributed by atoms with van der Waals surface area (Å²) < 4.78 is 5.41. The van der Waals surface area contributed by atoms with Crippen molar-refractivity contribution in [2.24, 2.45) is 0 Å². The number of hydrogen-bond acceptors (Lipinski definition) is 6. The average Bonchev–Trinajstić information content (AvgIpc) is 3.50. The fourth-order valence-electron chi connectivity index (χ4n) is 3.73. The van der Waals surface area contributed by atoms with Gasteiger partial charge in [0, 0.05) is 47.4 Å². The van der Waals surface area contributed by atoms with Crippen LogP contribution in [-0.2, 0) is 6.54 Å². The predicted molar refractivity (Wildman–Crippen MR) is 125 cm³/mol. The second-order valence-electron chi connectivity index (χ2n) is 7.76. The van der Waals surface area contributed by atoms with Crippen molar-refractivity contribution in [1.82, 2.24) is 30.1 Å². The van der Waals surface area contributed by atoms with Crippen LogP contribution in [0.1, 0.15) is 16.4 Å². The fraction of sp³-hybridized carbons (Fsp3) is 0.217. The number of carbonyl (C=O) groups is 1. The molecule has 33 heavy (non-hydrogen) atoms. The van der Waals surface area contributed by atoms with Gasteiger partial charge in [0.15, 0.2) is 0 Å². The van der Waals surface area contributed by atoms with Crippen molar-refractivity contribution in [3.63, 3.8) is 0 Å². The molecule has 10 heteroatoms. The lowest BCUT2D eigenvalue weighted by molar-refractivity contribution is 0.0609. The van der Waals surface area contributed by atoms with E-state index in [0.717, 1.165) is 11.1 Å². The third kappa shape index (κ3) is 4.93. The Morgan fingerprint density at radius 3 is 2.52 bits per heavy atom. The Morgan fingerprint density at radius 2 is 1.76 bits per heavy atom. The summed E-state index contributed by atoms with van der Waals surface area (Å²) in [6.07, 6.45) is 0. The zero-order valence-electron chi connectivity index (χ0n) is 17.5. The van der Waals surface area contributed by atoms with Crippen LogP contribution in [0.3, 0.4) is 0 Å². The first-order valence-electron chi connectivity index (χ1n) is 10.5. The number of piperazine rings is 1. The molecule has 2 aromatic heterocycles. The minimum atomic E-state index is -0.0711. The van der Waals surface area contributed by atoms with E-state index in [2.05, 4.69) is 25.2 Å². The summed E-state index contributed by atoms with van der Waals surface area (Å²) in [6.45, 7) is 3.15. The molecule has 168 valence electrons. The van der Waals surface area contributed by atoms with Crippen molar-refractivity contribution in [1.29, 1.82) is 0 Å². The van der Waals surface area contributed by atoms with Crippen LogP contribution in [0, 0.1) is 0 Å². The number of aromatic amines is 1. The number of H-pyrrole nitrogens is 1. The van der Waals surface area contributed by atoms with Crippen molar-refractivity contribution in [3.05, 3.63) is 76.2 Å². The van der Waals surface area contributed by atoms with E-state index in [9.17, 15) is 4.79 Å². The van der Waals surface area contributed by atoms with Gasteiger partial charge in [0.1, 0.15) is 5.69 Å². The van der Waals surface area contributed by atoms with Crippen molar-refractivity contribution < 1.29 is 9.32 Å². The molecule has 0 aliphatic carbocycles. The van der Waals surface area contributed by atoms with Crippen LogP contribution in [0.4, 0.5) is 0 Å². The Bertz CT molecular complexity index is 1260. The van der Waals surface area contributed by atoms with Crippen LogP contribution in [0.2, 0.25) is 10.0 Å². The molecule has 0 atom stereocenters. The molecule has 1 N–H and O–H groups in total. The number of nitrogens with zero attached hydrogens (tertiary/aromatic N) is 5. The van der Waals surface area contributed by atoms with E-state index >= 15 is 0 Å². The van der Waals surface area contributed by atoms with Gasteiger partial charge in [0.2, 0.25) is 11.7 Å². The average molecular weight is 483 g/mol. The van der Waals surface area contributed by atoms with Crippen molar-refractivity contribution >= 4 is 29.1 Å². The molecule has 0 bridgehead atoms. The van der Waals surface area contributed by atoms with Gasteiger partial charge in [-0.3, -0.25) is 14.8 Å². The molecule has 8 nitrogen and oxygen atoms in total. The number of nitrogens with one attached hydrogen (secondary N) is 1. The minimum Gasteiger partial charge on any atom is -0.338 e. The molecule has 1 aliphatic heterocycles. The van der Waals surface area contributed by atoms with Crippen LogP contribution in [0.5, 0.6) is 0 Å². The third-order valence-electron chi connectivity index (χ3n) is 5.52. The predicted octanol–water partition coefficient (Wildman–Crippen LogP) is 4.39. The maximum Gasteiger partial charge on any atom is 0.271 e. The van der Waals surface area contributed by atoms with Gasteiger partial charge in [-0.2, -0.15) is 10.1 Å². The smallest absolute Gasteiger partial charge is 0.271 e. The van der Waals surface area contributed by atoms with Crippen molar-refractivity contribution in [3.8, 4) is 22.6 Å². The topological polar surface area (TPSA) is 91.2 Å². The first-order chi connectivity index (χ1) is 16.0. The monoisotopic (exact) mass is 482 g/mol. The van der Waals surface area contributed by atoms with E-state index in [1.807, 2.05) is 35.2 Å². The quantitative estimate of drug-likeness (QED) is 0.453. The Morgan fingerprint density at radius 1 is 0.970 bits per heavy atom. The van der Waals surface area contributed by atoms with E-state index in [4.69, 9.17) is 27.7 Å². The van der Waals surface area contributed by atoms with Crippen LogP contribution in [-0.4, -0.2) is 62.2 Å². The number of hydrogen-bond donors (Lipinski definition) is 1. The van der Waals surface area contributed by atoms with Gasteiger partial charge in [0.05, 0.1) is 12.2 Å². The lowest BCUT2D eigenvalue weighted by Crippen LogP contribution is -2.48. The molecule has 5 rings (SSSR count). The third-order valence-corrected chi connectivity index (χ3v) is 6.00. The molecule has 4 aromatic rings. The fourth-order valence-corrected chi connectivity index (χ4v) is 4.05. The van der Waals surface area contributed by atoms with Crippen LogP contribution in [0.15, 0.2) is 59.1 Å².